The number of rotatable bonds is 6. The molecule has 9 nitrogen and oxygen atoms in total. The van der Waals surface area contributed by atoms with Crippen LogP contribution in [0.25, 0.3) is 22.3 Å². The van der Waals surface area contributed by atoms with E-state index < -0.39 is 0 Å². The molecule has 1 fully saturated rings. The second-order valence-electron chi connectivity index (χ2n) is 6.62. The van der Waals surface area contributed by atoms with Crippen molar-refractivity contribution < 1.29 is 14.3 Å². The first kappa shape index (κ1) is 18.2. The average molecular weight is 382 g/mol. The Balaban J connectivity index is 1.62. The molecular formula is C19H22N6O3. The zero-order valence-corrected chi connectivity index (χ0v) is 15.9. The van der Waals surface area contributed by atoms with Gasteiger partial charge in [-0.05, 0) is 18.2 Å². The summed E-state index contributed by atoms with van der Waals surface area (Å²) in [4.78, 5) is 24.4. The molecule has 1 N–H and O–H groups in total. The van der Waals surface area contributed by atoms with Crippen LogP contribution >= 0.6 is 0 Å². The van der Waals surface area contributed by atoms with Crippen molar-refractivity contribution in [2.45, 2.75) is 0 Å². The molecule has 0 bridgehead atoms. The first-order chi connectivity index (χ1) is 13.7. The summed E-state index contributed by atoms with van der Waals surface area (Å²) in [5.41, 5.74) is 2.30. The fourth-order valence-electron chi connectivity index (χ4n) is 3.12. The molecule has 0 saturated carbocycles. The predicted octanol–water partition coefficient (Wildman–Crippen LogP) is 1.32. The van der Waals surface area contributed by atoms with Gasteiger partial charge in [0.05, 0.1) is 24.4 Å². The van der Waals surface area contributed by atoms with Gasteiger partial charge >= 0.3 is 0 Å². The van der Waals surface area contributed by atoms with Crippen molar-refractivity contribution in [3.63, 3.8) is 0 Å². The minimum Gasteiger partial charge on any atom is -0.491 e. The molecule has 146 valence electrons. The number of hydrogen-bond acceptors (Lipinski definition) is 7. The zero-order chi connectivity index (χ0) is 19.5. The molecule has 0 radical (unpaired) electrons. The first-order valence-electron chi connectivity index (χ1n) is 9.07. The number of fused-ring (bicyclic) bond motifs is 1. The Bertz CT molecular complexity index is 989. The number of carbonyl (C=O) groups excluding carboxylic acids is 1. The van der Waals surface area contributed by atoms with E-state index in [0.717, 1.165) is 34.7 Å². The second kappa shape index (κ2) is 7.81. The molecule has 0 atom stereocenters. The summed E-state index contributed by atoms with van der Waals surface area (Å²) >= 11 is 0. The molecule has 1 aliphatic heterocycles. The largest absolute Gasteiger partial charge is 0.491 e. The zero-order valence-electron chi connectivity index (χ0n) is 15.9. The topological polar surface area (TPSA) is 96.5 Å². The lowest BCUT2D eigenvalue weighted by Gasteiger charge is -2.32. The molecule has 1 aliphatic rings. The Kier molecular flexibility index (Phi) is 5.07. The van der Waals surface area contributed by atoms with Gasteiger partial charge in [0.1, 0.15) is 30.2 Å². The third-order valence-corrected chi connectivity index (χ3v) is 4.77. The molecular weight excluding hydrogens is 360 g/mol. The van der Waals surface area contributed by atoms with Crippen LogP contribution in [-0.2, 0) is 9.53 Å². The number of benzene rings is 1. The number of likely N-dealkylation sites (N-methyl/N-ethyl adjacent to an activating group) is 1. The lowest BCUT2D eigenvalue weighted by atomic mass is 10.1. The number of hydrogen-bond donors (Lipinski definition) is 1. The van der Waals surface area contributed by atoms with E-state index >= 15 is 0 Å². The summed E-state index contributed by atoms with van der Waals surface area (Å²) < 4.78 is 10.7. The number of H-pyrrole nitrogens is 1. The molecule has 0 unspecified atom stereocenters. The summed E-state index contributed by atoms with van der Waals surface area (Å²) in [6, 6.07) is 7.62. The third-order valence-electron chi connectivity index (χ3n) is 4.77. The maximum Gasteiger partial charge on any atom is 0.241 e. The minimum atomic E-state index is 0.0782. The van der Waals surface area contributed by atoms with Gasteiger partial charge in [0.25, 0.3) is 0 Å². The molecule has 9 heteroatoms. The fraction of sp³-hybridized carbons (Fsp3) is 0.368. The van der Waals surface area contributed by atoms with E-state index in [0.29, 0.717) is 32.0 Å². The van der Waals surface area contributed by atoms with Crippen LogP contribution in [-0.4, -0.2) is 78.0 Å². The molecule has 4 rings (SSSR count). The van der Waals surface area contributed by atoms with Gasteiger partial charge in [0.15, 0.2) is 0 Å². The smallest absolute Gasteiger partial charge is 0.241 e. The maximum atomic E-state index is 12.0. The van der Waals surface area contributed by atoms with Crippen LogP contribution in [0.5, 0.6) is 5.75 Å². The highest BCUT2D eigenvalue weighted by Crippen LogP contribution is 2.29. The molecule has 2 aromatic heterocycles. The average Bonchev–Trinajstić information content (AvgIpc) is 3.14. The number of carbonyl (C=O) groups is 1. The standard InChI is InChI=1S/C19H22N6O3/c1-24-5-6-25(11-18(24)26)17-10-16(20-12-21-17)19-14-9-13(28-8-7-27-2)3-4-15(14)22-23-19/h3-4,9-10,12H,5-8,11H2,1-2H3,(H,22,23). The van der Waals surface area contributed by atoms with Crippen LogP contribution in [0.2, 0.25) is 0 Å². The number of aromatic nitrogens is 4. The lowest BCUT2D eigenvalue weighted by molar-refractivity contribution is -0.129. The van der Waals surface area contributed by atoms with Crippen LogP contribution in [0.1, 0.15) is 0 Å². The number of piperazine rings is 1. The molecule has 0 aliphatic carbocycles. The van der Waals surface area contributed by atoms with Crippen LogP contribution in [0.15, 0.2) is 30.6 Å². The van der Waals surface area contributed by atoms with Gasteiger partial charge in [-0.1, -0.05) is 0 Å². The summed E-state index contributed by atoms with van der Waals surface area (Å²) in [5, 5.41) is 8.37. The van der Waals surface area contributed by atoms with Crippen LogP contribution in [0.4, 0.5) is 5.82 Å². The summed E-state index contributed by atoms with van der Waals surface area (Å²) in [6.07, 6.45) is 1.51. The van der Waals surface area contributed by atoms with E-state index in [-0.39, 0.29) is 5.91 Å². The highest BCUT2D eigenvalue weighted by molar-refractivity contribution is 5.93. The predicted molar refractivity (Wildman–Crippen MR) is 104 cm³/mol. The fourth-order valence-corrected chi connectivity index (χ4v) is 3.12. The SMILES string of the molecule is COCCOc1ccc2[nH]nc(-c3cc(N4CCN(C)C(=O)C4)ncn3)c2c1. The Hall–Kier alpha value is -3.20. The number of methoxy groups -OCH3 is 1. The Labute approximate surface area is 162 Å². The van der Waals surface area contributed by atoms with Crippen molar-refractivity contribution in [1.82, 2.24) is 25.1 Å². The van der Waals surface area contributed by atoms with Crippen molar-refractivity contribution in [3.8, 4) is 17.1 Å². The van der Waals surface area contributed by atoms with Gasteiger partial charge in [-0.25, -0.2) is 9.97 Å². The molecule has 3 aromatic rings. The Morgan fingerprint density at radius 1 is 1.18 bits per heavy atom. The number of aromatic amines is 1. The van der Waals surface area contributed by atoms with E-state index in [1.807, 2.05) is 36.2 Å². The van der Waals surface area contributed by atoms with E-state index in [1.165, 1.54) is 6.33 Å². The van der Waals surface area contributed by atoms with Crippen LogP contribution in [0, 0.1) is 0 Å². The van der Waals surface area contributed by atoms with E-state index in [4.69, 9.17) is 9.47 Å². The highest BCUT2D eigenvalue weighted by Gasteiger charge is 2.22. The van der Waals surface area contributed by atoms with Gasteiger partial charge in [0.2, 0.25) is 5.91 Å². The van der Waals surface area contributed by atoms with Gasteiger partial charge in [-0.3, -0.25) is 9.89 Å². The third kappa shape index (κ3) is 3.61. The Morgan fingerprint density at radius 2 is 2.07 bits per heavy atom. The maximum absolute atomic E-state index is 12.0. The van der Waals surface area contributed by atoms with Gasteiger partial charge in [-0.2, -0.15) is 5.10 Å². The summed E-state index contributed by atoms with van der Waals surface area (Å²) in [5.74, 6) is 1.54. The number of ether oxygens (including phenoxy) is 2. The van der Waals surface area contributed by atoms with E-state index in [9.17, 15) is 4.79 Å². The van der Waals surface area contributed by atoms with Crippen LogP contribution in [0.3, 0.4) is 0 Å². The molecule has 1 saturated heterocycles. The molecule has 0 spiro atoms. The molecule has 1 amide bonds. The van der Waals surface area contributed by atoms with E-state index in [2.05, 4.69) is 20.2 Å². The van der Waals surface area contributed by atoms with Crippen molar-refractivity contribution in [2.75, 3.05) is 51.9 Å². The number of nitrogens with zero attached hydrogens (tertiary/aromatic N) is 5. The van der Waals surface area contributed by atoms with Gasteiger partial charge in [-0.15, -0.1) is 0 Å². The normalized spacial score (nSPS) is 14.7. The first-order valence-corrected chi connectivity index (χ1v) is 9.07. The van der Waals surface area contributed by atoms with Crippen LogP contribution < -0.4 is 9.64 Å². The molecule has 28 heavy (non-hydrogen) atoms. The summed E-state index contributed by atoms with van der Waals surface area (Å²) in [6.45, 7) is 2.72. The number of amides is 1. The van der Waals surface area contributed by atoms with Crippen molar-refractivity contribution >= 4 is 22.6 Å². The quantitative estimate of drug-likeness (QED) is 0.642. The summed E-state index contributed by atoms with van der Waals surface area (Å²) in [7, 11) is 3.45. The number of anilines is 1. The second-order valence-corrected chi connectivity index (χ2v) is 6.62. The molecule has 1 aromatic carbocycles. The molecule has 3 heterocycles. The van der Waals surface area contributed by atoms with Crippen molar-refractivity contribution in [3.05, 3.63) is 30.6 Å². The highest BCUT2D eigenvalue weighted by atomic mass is 16.5. The van der Waals surface area contributed by atoms with Crippen molar-refractivity contribution in [2.24, 2.45) is 0 Å². The van der Waals surface area contributed by atoms with Gasteiger partial charge < -0.3 is 19.3 Å². The number of nitrogens with one attached hydrogen (secondary N) is 1. The minimum absolute atomic E-state index is 0.0782. The lowest BCUT2D eigenvalue weighted by Crippen LogP contribution is -2.48. The van der Waals surface area contributed by atoms with Crippen molar-refractivity contribution in [1.29, 1.82) is 0 Å². The Morgan fingerprint density at radius 3 is 2.89 bits per heavy atom. The van der Waals surface area contributed by atoms with E-state index in [1.54, 1.807) is 12.0 Å². The monoisotopic (exact) mass is 382 g/mol. The van der Waals surface area contributed by atoms with Gasteiger partial charge in [0, 0.05) is 38.7 Å².